The molecule has 2 aromatic carbocycles. The van der Waals surface area contributed by atoms with Gasteiger partial charge >= 0.3 is 0 Å². The molecule has 3 aromatic rings. The number of benzene rings is 2. The molecule has 2 N–H and O–H groups in total. The van der Waals surface area contributed by atoms with Gasteiger partial charge in [0.15, 0.2) is 0 Å². The maximum absolute atomic E-state index is 13.1. The lowest BCUT2D eigenvalue weighted by Gasteiger charge is -2.20. The summed E-state index contributed by atoms with van der Waals surface area (Å²) < 4.78 is 29.4. The van der Waals surface area contributed by atoms with Gasteiger partial charge in [-0.1, -0.05) is 6.07 Å². The van der Waals surface area contributed by atoms with Crippen LogP contribution in [0.5, 0.6) is 0 Å². The van der Waals surface area contributed by atoms with E-state index in [-0.39, 0.29) is 16.1 Å². The number of rotatable bonds is 6. The molecule has 0 bridgehead atoms. The third kappa shape index (κ3) is 5.62. The highest BCUT2D eigenvalue weighted by Crippen LogP contribution is 2.23. The van der Waals surface area contributed by atoms with Crippen LogP contribution in [0, 0.1) is 24.0 Å². The van der Waals surface area contributed by atoms with Gasteiger partial charge < -0.3 is 5.32 Å². The average Bonchev–Trinajstić information content (AvgIpc) is 3.06. The fraction of sp³-hybridized carbons (Fsp3) is 0.273. The fourth-order valence-corrected chi connectivity index (χ4v) is 4.60. The normalized spacial score (nSPS) is 11.9. The van der Waals surface area contributed by atoms with Crippen molar-refractivity contribution in [1.29, 1.82) is 0 Å². The maximum Gasteiger partial charge on any atom is 0.269 e. The van der Waals surface area contributed by atoms with Crippen molar-refractivity contribution in [2.24, 2.45) is 0 Å². The van der Waals surface area contributed by atoms with Gasteiger partial charge in [0.25, 0.3) is 11.6 Å². The van der Waals surface area contributed by atoms with E-state index in [0.717, 1.165) is 0 Å². The number of carbonyl (C=O) groups is 1. The molecule has 0 saturated carbocycles. The first-order valence-electron chi connectivity index (χ1n) is 10.0. The summed E-state index contributed by atoms with van der Waals surface area (Å²) in [6.45, 7) is 8.64. The number of amides is 1. The largest absolute Gasteiger partial charge is 0.306 e. The Kier molecular flexibility index (Phi) is 6.39. The average molecular weight is 472 g/mol. The lowest BCUT2D eigenvalue weighted by Crippen LogP contribution is -2.40. The summed E-state index contributed by atoms with van der Waals surface area (Å²) in [4.78, 5) is 23.5. The van der Waals surface area contributed by atoms with E-state index in [4.69, 9.17) is 0 Å². The lowest BCUT2D eigenvalue weighted by atomic mass is 10.1. The topological polar surface area (TPSA) is 136 Å². The van der Waals surface area contributed by atoms with Crippen LogP contribution in [0.1, 0.15) is 42.4 Å². The zero-order valence-corrected chi connectivity index (χ0v) is 19.7. The van der Waals surface area contributed by atoms with Crippen LogP contribution in [0.4, 0.5) is 11.5 Å². The van der Waals surface area contributed by atoms with Crippen LogP contribution in [0.15, 0.2) is 53.4 Å². The molecule has 0 radical (unpaired) electrons. The van der Waals surface area contributed by atoms with Crippen molar-refractivity contribution in [3.63, 3.8) is 0 Å². The minimum Gasteiger partial charge on any atom is -0.306 e. The Morgan fingerprint density at radius 1 is 1.06 bits per heavy atom. The van der Waals surface area contributed by atoms with Gasteiger partial charge in [-0.05, 0) is 64.4 Å². The Bertz CT molecular complexity index is 1320. The Morgan fingerprint density at radius 3 is 2.27 bits per heavy atom. The monoisotopic (exact) mass is 471 g/mol. The Labute approximate surface area is 191 Å². The van der Waals surface area contributed by atoms with Crippen LogP contribution < -0.4 is 10.0 Å². The van der Waals surface area contributed by atoms with Gasteiger partial charge in [0, 0.05) is 29.3 Å². The number of carbonyl (C=O) groups excluding carboxylic acids is 1. The number of sulfonamides is 1. The van der Waals surface area contributed by atoms with Gasteiger partial charge in [-0.15, -0.1) is 0 Å². The number of aromatic nitrogens is 2. The molecule has 0 atom stereocenters. The highest BCUT2D eigenvalue weighted by atomic mass is 32.2. The van der Waals surface area contributed by atoms with Gasteiger partial charge in [-0.25, -0.2) is 17.8 Å². The molecule has 0 aliphatic heterocycles. The van der Waals surface area contributed by atoms with Crippen molar-refractivity contribution >= 4 is 27.4 Å². The summed E-state index contributed by atoms with van der Waals surface area (Å²) in [6, 6.07) is 11.7. The number of nitro benzene ring substituents is 1. The number of hydrogen-bond donors (Lipinski definition) is 2. The minimum atomic E-state index is -3.82. The van der Waals surface area contributed by atoms with Gasteiger partial charge in [0.05, 0.1) is 21.2 Å². The standard InChI is InChI=1S/C22H25N5O5S/c1-14-6-11-18(33(31,32)25-22(3,4)5)13-19(14)21(28)23-20-12-15(2)24-26(20)16-7-9-17(10-8-16)27(29)30/h6-13,25H,1-5H3,(H,23,28). The zero-order valence-electron chi connectivity index (χ0n) is 18.9. The molecule has 33 heavy (non-hydrogen) atoms. The quantitative estimate of drug-likeness (QED) is 0.415. The van der Waals surface area contributed by atoms with Gasteiger partial charge in [-0.2, -0.15) is 5.10 Å². The van der Waals surface area contributed by atoms with E-state index in [1.807, 2.05) is 0 Å². The zero-order chi connectivity index (χ0) is 24.6. The van der Waals surface area contributed by atoms with Gasteiger partial charge in [0.2, 0.25) is 10.0 Å². The third-order valence-corrected chi connectivity index (χ3v) is 6.34. The summed E-state index contributed by atoms with van der Waals surface area (Å²) in [6.07, 6.45) is 0. The van der Waals surface area contributed by atoms with Crippen LogP contribution in [-0.2, 0) is 10.0 Å². The Hall–Kier alpha value is -3.57. The number of nitro groups is 1. The summed E-state index contributed by atoms with van der Waals surface area (Å²) >= 11 is 0. The third-order valence-electron chi connectivity index (χ3n) is 4.58. The molecular weight excluding hydrogens is 446 g/mol. The molecule has 3 rings (SSSR count). The molecule has 0 aliphatic rings. The van der Waals surface area contributed by atoms with E-state index in [9.17, 15) is 23.3 Å². The molecule has 1 aromatic heterocycles. The molecule has 1 amide bonds. The number of nitrogens with one attached hydrogen (secondary N) is 2. The summed E-state index contributed by atoms with van der Waals surface area (Å²) in [5.74, 6) is -0.171. The predicted molar refractivity (Wildman–Crippen MR) is 124 cm³/mol. The second kappa shape index (κ2) is 8.75. The molecule has 174 valence electrons. The number of non-ortho nitro benzene ring substituents is 1. The SMILES string of the molecule is Cc1cc(NC(=O)c2cc(S(=O)(=O)NC(C)(C)C)ccc2C)n(-c2ccc([N+](=O)[O-])cc2)n1. The first-order valence-corrected chi connectivity index (χ1v) is 11.5. The van der Waals surface area contributed by atoms with Crippen LogP contribution in [0.25, 0.3) is 5.69 Å². The van der Waals surface area contributed by atoms with Gasteiger partial charge in [0.1, 0.15) is 5.82 Å². The van der Waals surface area contributed by atoms with Crippen LogP contribution in [-0.4, -0.2) is 34.6 Å². The van der Waals surface area contributed by atoms with Crippen molar-refractivity contribution in [3.8, 4) is 5.69 Å². The maximum atomic E-state index is 13.1. The van der Waals surface area contributed by atoms with E-state index >= 15 is 0 Å². The number of anilines is 1. The van der Waals surface area contributed by atoms with Crippen LogP contribution >= 0.6 is 0 Å². The summed E-state index contributed by atoms with van der Waals surface area (Å²) in [7, 11) is -3.82. The molecule has 0 unspecified atom stereocenters. The summed E-state index contributed by atoms with van der Waals surface area (Å²) in [5, 5.41) is 18.0. The Morgan fingerprint density at radius 2 is 1.70 bits per heavy atom. The highest BCUT2D eigenvalue weighted by Gasteiger charge is 2.24. The molecule has 1 heterocycles. The summed E-state index contributed by atoms with van der Waals surface area (Å²) in [5.41, 5.74) is 1.19. The smallest absolute Gasteiger partial charge is 0.269 e. The molecule has 11 heteroatoms. The van der Waals surface area contributed by atoms with E-state index in [1.165, 1.54) is 41.1 Å². The molecule has 0 saturated heterocycles. The van der Waals surface area contributed by atoms with E-state index < -0.39 is 26.4 Å². The second-order valence-electron chi connectivity index (χ2n) is 8.64. The second-order valence-corrected chi connectivity index (χ2v) is 10.3. The molecular formula is C22H25N5O5S. The predicted octanol–water partition coefficient (Wildman–Crippen LogP) is 3.73. The number of aryl methyl sites for hydroxylation is 2. The van der Waals surface area contributed by atoms with E-state index in [2.05, 4.69) is 15.1 Å². The molecule has 0 fully saturated rings. The first kappa shape index (κ1) is 24.1. The van der Waals surface area contributed by atoms with Crippen molar-refractivity contribution in [3.05, 3.63) is 75.5 Å². The van der Waals surface area contributed by atoms with Gasteiger partial charge in [-0.3, -0.25) is 14.9 Å². The van der Waals surface area contributed by atoms with Crippen molar-refractivity contribution in [2.75, 3.05) is 5.32 Å². The van der Waals surface area contributed by atoms with Crippen LogP contribution in [0.2, 0.25) is 0 Å². The van der Waals surface area contributed by atoms with E-state index in [1.54, 1.807) is 46.8 Å². The molecule has 0 spiro atoms. The fourth-order valence-electron chi connectivity index (χ4n) is 3.16. The van der Waals surface area contributed by atoms with Crippen molar-refractivity contribution in [2.45, 2.75) is 45.1 Å². The lowest BCUT2D eigenvalue weighted by molar-refractivity contribution is -0.384. The first-order chi connectivity index (χ1) is 15.3. The van der Waals surface area contributed by atoms with Crippen molar-refractivity contribution < 1.29 is 18.1 Å². The Balaban J connectivity index is 1.93. The molecule has 10 nitrogen and oxygen atoms in total. The van der Waals surface area contributed by atoms with Crippen molar-refractivity contribution in [1.82, 2.24) is 14.5 Å². The van der Waals surface area contributed by atoms with E-state index in [0.29, 0.717) is 22.8 Å². The number of nitrogens with zero attached hydrogens (tertiary/aromatic N) is 3. The highest BCUT2D eigenvalue weighted by molar-refractivity contribution is 7.89. The van der Waals surface area contributed by atoms with Crippen LogP contribution in [0.3, 0.4) is 0 Å². The molecule has 0 aliphatic carbocycles. The number of hydrogen-bond acceptors (Lipinski definition) is 6. The minimum absolute atomic E-state index is 0.0202.